The van der Waals surface area contributed by atoms with Crippen LogP contribution in [0, 0.1) is 0 Å². The topological polar surface area (TPSA) is 95.7 Å². The predicted molar refractivity (Wildman–Crippen MR) is 104 cm³/mol. The molecular formula is C19H20N6OS. The number of thiophene rings is 1. The van der Waals surface area contributed by atoms with Crippen LogP contribution in [0.25, 0.3) is 33.1 Å². The number of fused-ring (bicyclic) bond motifs is 1. The van der Waals surface area contributed by atoms with Crippen LogP contribution in [0.4, 0.5) is 0 Å². The summed E-state index contributed by atoms with van der Waals surface area (Å²) in [5.74, 6) is 1.05. The number of nitrogens with zero attached hydrogens (tertiary/aromatic N) is 5. The van der Waals surface area contributed by atoms with E-state index in [9.17, 15) is 0 Å². The highest BCUT2D eigenvalue weighted by atomic mass is 32.1. The molecule has 0 amide bonds. The molecule has 0 aromatic carbocycles. The Balaban J connectivity index is 1.71. The molecule has 1 aliphatic rings. The van der Waals surface area contributed by atoms with E-state index in [1.807, 2.05) is 28.4 Å². The van der Waals surface area contributed by atoms with Crippen molar-refractivity contribution in [3.63, 3.8) is 0 Å². The largest absolute Gasteiger partial charge is 0.334 e. The minimum atomic E-state index is -0.452. The summed E-state index contributed by atoms with van der Waals surface area (Å²) in [6.45, 7) is 4.18. The van der Waals surface area contributed by atoms with Crippen molar-refractivity contribution in [3.8, 4) is 22.0 Å². The fourth-order valence-electron chi connectivity index (χ4n) is 3.44. The lowest BCUT2D eigenvalue weighted by Crippen LogP contribution is -2.44. The van der Waals surface area contributed by atoms with Crippen molar-refractivity contribution in [1.82, 2.24) is 24.9 Å². The number of aromatic nitrogens is 5. The smallest absolute Gasteiger partial charge is 0.258 e. The Morgan fingerprint density at radius 2 is 2.15 bits per heavy atom. The molecule has 1 aliphatic carbocycles. The molecule has 0 spiro atoms. The third-order valence-corrected chi connectivity index (χ3v) is 6.07. The summed E-state index contributed by atoms with van der Waals surface area (Å²) >= 11 is 1.65. The van der Waals surface area contributed by atoms with Gasteiger partial charge >= 0.3 is 0 Å². The normalized spacial score (nSPS) is 16.1. The van der Waals surface area contributed by atoms with E-state index in [1.54, 1.807) is 11.3 Å². The van der Waals surface area contributed by atoms with E-state index < -0.39 is 5.54 Å². The van der Waals surface area contributed by atoms with E-state index in [0.29, 0.717) is 11.7 Å². The lowest BCUT2D eigenvalue weighted by atomic mass is 9.77. The van der Waals surface area contributed by atoms with Gasteiger partial charge in [-0.3, -0.25) is 0 Å². The van der Waals surface area contributed by atoms with Crippen LogP contribution < -0.4 is 5.73 Å². The zero-order valence-corrected chi connectivity index (χ0v) is 16.0. The van der Waals surface area contributed by atoms with Crippen LogP contribution in [-0.4, -0.2) is 24.9 Å². The lowest BCUT2D eigenvalue weighted by Gasteiger charge is -2.34. The summed E-state index contributed by atoms with van der Waals surface area (Å²) in [6, 6.07) is 6.27. The summed E-state index contributed by atoms with van der Waals surface area (Å²) in [7, 11) is 0. The molecular weight excluding hydrogens is 360 g/mol. The Labute approximate surface area is 160 Å². The van der Waals surface area contributed by atoms with Crippen LogP contribution in [0.15, 0.2) is 34.3 Å². The summed E-state index contributed by atoms with van der Waals surface area (Å²) in [6.07, 6.45) is 4.71. The molecule has 5 rings (SSSR count). The first kappa shape index (κ1) is 16.6. The first-order valence-electron chi connectivity index (χ1n) is 9.11. The molecule has 0 atom stereocenters. The van der Waals surface area contributed by atoms with E-state index in [1.165, 1.54) is 0 Å². The number of hydrogen-bond acceptors (Lipinski definition) is 7. The van der Waals surface area contributed by atoms with Crippen LogP contribution in [0.1, 0.15) is 45.0 Å². The zero-order valence-electron chi connectivity index (χ0n) is 15.2. The van der Waals surface area contributed by atoms with Gasteiger partial charge in [-0.1, -0.05) is 11.2 Å². The second-order valence-electron chi connectivity index (χ2n) is 7.39. The summed E-state index contributed by atoms with van der Waals surface area (Å²) in [4.78, 5) is 10.6. The van der Waals surface area contributed by atoms with Crippen molar-refractivity contribution < 1.29 is 4.52 Å². The minimum Gasteiger partial charge on any atom is -0.334 e. The second kappa shape index (κ2) is 5.97. The zero-order chi connectivity index (χ0) is 18.6. The Hall–Kier alpha value is -2.58. The lowest BCUT2D eigenvalue weighted by molar-refractivity contribution is 0.229. The molecule has 0 radical (unpaired) electrons. The highest BCUT2D eigenvalue weighted by Gasteiger charge is 2.39. The van der Waals surface area contributed by atoms with E-state index in [4.69, 9.17) is 15.2 Å². The quantitative estimate of drug-likeness (QED) is 0.572. The van der Waals surface area contributed by atoms with Gasteiger partial charge in [-0.15, -0.1) is 11.3 Å². The Bertz CT molecular complexity index is 1110. The molecule has 0 aliphatic heterocycles. The first-order chi connectivity index (χ1) is 13.0. The maximum absolute atomic E-state index is 6.37. The average molecular weight is 380 g/mol. The molecule has 7 nitrogen and oxygen atoms in total. The monoisotopic (exact) mass is 380 g/mol. The summed E-state index contributed by atoms with van der Waals surface area (Å²) < 4.78 is 7.54. The standard InChI is InChI=1S/C19H20N6OS/c1-11(2)25-16-13(10-21-25)12(9-14(22-16)15-5-3-8-27-15)17-23-18(24-26-17)19(20)6-4-7-19/h3,5,8-11H,4,6-7,20H2,1-2H3. The van der Waals surface area contributed by atoms with Gasteiger partial charge in [0, 0.05) is 6.04 Å². The third kappa shape index (κ3) is 2.59. The number of nitrogens with two attached hydrogens (primary N) is 1. The first-order valence-corrected chi connectivity index (χ1v) is 9.99. The van der Waals surface area contributed by atoms with Crippen molar-refractivity contribution in [2.24, 2.45) is 5.73 Å². The molecule has 0 bridgehead atoms. The van der Waals surface area contributed by atoms with Gasteiger partial charge in [0.05, 0.1) is 33.3 Å². The van der Waals surface area contributed by atoms with Crippen LogP contribution in [0.2, 0.25) is 0 Å². The van der Waals surface area contributed by atoms with Gasteiger partial charge in [0.1, 0.15) is 0 Å². The number of rotatable bonds is 4. The average Bonchev–Trinajstić information content (AvgIpc) is 3.38. The van der Waals surface area contributed by atoms with Crippen molar-refractivity contribution in [1.29, 1.82) is 0 Å². The summed E-state index contributed by atoms with van der Waals surface area (Å²) in [5, 5.41) is 11.6. The van der Waals surface area contributed by atoms with Gasteiger partial charge in [-0.2, -0.15) is 10.1 Å². The third-order valence-electron chi connectivity index (χ3n) is 5.18. The van der Waals surface area contributed by atoms with E-state index >= 15 is 0 Å². The Morgan fingerprint density at radius 3 is 2.81 bits per heavy atom. The van der Waals surface area contributed by atoms with Gasteiger partial charge in [0.2, 0.25) is 0 Å². The van der Waals surface area contributed by atoms with Crippen molar-refractivity contribution in [2.75, 3.05) is 0 Å². The number of hydrogen-bond donors (Lipinski definition) is 1. The van der Waals surface area contributed by atoms with Crippen LogP contribution >= 0.6 is 11.3 Å². The Morgan fingerprint density at radius 1 is 1.30 bits per heavy atom. The molecule has 1 saturated carbocycles. The SMILES string of the molecule is CC(C)n1ncc2c(-c3nc(C4(N)CCC4)no3)cc(-c3cccs3)nc21. The Kier molecular flexibility index (Phi) is 3.66. The molecule has 0 saturated heterocycles. The predicted octanol–water partition coefficient (Wildman–Crippen LogP) is 4.13. The molecule has 4 heterocycles. The van der Waals surface area contributed by atoms with Crippen molar-refractivity contribution >= 4 is 22.4 Å². The van der Waals surface area contributed by atoms with Crippen LogP contribution in [0.5, 0.6) is 0 Å². The minimum absolute atomic E-state index is 0.196. The fourth-order valence-corrected chi connectivity index (χ4v) is 4.13. The molecule has 4 aromatic rings. The highest BCUT2D eigenvalue weighted by molar-refractivity contribution is 7.13. The van der Waals surface area contributed by atoms with Crippen molar-refractivity contribution in [3.05, 3.63) is 35.6 Å². The van der Waals surface area contributed by atoms with Crippen LogP contribution in [-0.2, 0) is 5.54 Å². The van der Waals surface area contributed by atoms with Gasteiger partial charge in [0.25, 0.3) is 5.89 Å². The van der Waals surface area contributed by atoms with Gasteiger partial charge in [0.15, 0.2) is 11.5 Å². The van der Waals surface area contributed by atoms with Crippen molar-refractivity contribution in [2.45, 2.75) is 44.7 Å². The molecule has 0 unspecified atom stereocenters. The maximum Gasteiger partial charge on any atom is 0.258 e. The summed E-state index contributed by atoms with van der Waals surface area (Å²) in [5.41, 5.74) is 8.45. The van der Waals surface area contributed by atoms with E-state index in [0.717, 1.165) is 46.4 Å². The van der Waals surface area contributed by atoms with E-state index in [-0.39, 0.29) is 6.04 Å². The number of pyridine rings is 1. The molecule has 1 fully saturated rings. The maximum atomic E-state index is 6.37. The van der Waals surface area contributed by atoms with E-state index in [2.05, 4.69) is 35.2 Å². The second-order valence-corrected chi connectivity index (χ2v) is 8.33. The van der Waals surface area contributed by atoms with Gasteiger partial charge in [-0.25, -0.2) is 9.67 Å². The molecule has 138 valence electrons. The van der Waals surface area contributed by atoms with Crippen LogP contribution in [0.3, 0.4) is 0 Å². The molecule has 2 N–H and O–H groups in total. The van der Waals surface area contributed by atoms with Gasteiger partial charge < -0.3 is 10.3 Å². The molecule has 27 heavy (non-hydrogen) atoms. The highest BCUT2D eigenvalue weighted by Crippen LogP contribution is 2.39. The fraction of sp³-hybridized carbons (Fsp3) is 0.368. The molecule has 4 aromatic heterocycles. The molecule has 8 heteroatoms. The van der Waals surface area contributed by atoms with Gasteiger partial charge in [-0.05, 0) is 50.6 Å².